The van der Waals surface area contributed by atoms with Crippen LogP contribution in [0.15, 0.2) is 48.5 Å². The summed E-state index contributed by atoms with van der Waals surface area (Å²) in [6, 6.07) is 13.1. The molecule has 2 atom stereocenters. The molecule has 1 aliphatic heterocycles. The molecule has 2 N–H and O–H groups in total. The topological polar surface area (TPSA) is 44.4 Å². The molecular formula is C23H26F3N3O. The molecule has 2 unspecified atom stereocenters. The molecule has 7 heteroatoms. The maximum atomic E-state index is 12.8. The van der Waals surface area contributed by atoms with Gasteiger partial charge in [-0.1, -0.05) is 18.2 Å². The molecule has 1 heterocycles. The van der Waals surface area contributed by atoms with Gasteiger partial charge in [0.05, 0.1) is 5.56 Å². The molecule has 2 aliphatic rings. The Morgan fingerprint density at radius 2 is 1.77 bits per heavy atom. The lowest BCUT2D eigenvalue weighted by Crippen LogP contribution is -2.41. The summed E-state index contributed by atoms with van der Waals surface area (Å²) in [6.07, 6.45) is -0.990. The molecule has 4 nitrogen and oxygen atoms in total. The van der Waals surface area contributed by atoms with E-state index < -0.39 is 17.6 Å². The Morgan fingerprint density at radius 1 is 1.07 bits per heavy atom. The van der Waals surface area contributed by atoms with E-state index in [1.54, 1.807) is 12.1 Å². The average molecular weight is 417 g/mol. The van der Waals surface area contributed by atoms with Gasteiger partial charge in [0.1, 0.15) is 0 Å². The van der Waals surface area contributed by atoms with Gasteiger partial charge in [0.15, 0.2) is 0 Å². The van der Waals surface area contributed by atoms with E-state index in [-0.39, 0.29) is 5.69 Å². The molecule has 1 amide bonds. The molecule has 1 saturated carbocycles. The van der Waals surface area contributed by atoms with Crippen LogP contribution in [0.1, 0.15) is 46.7 Å². The molecule has 0 radical (unpaired) electrons. The van der Waals surface area contributed by atoms with Crippen LogP contribution in [0.2, 0.25) is 0 Å². The van der Waals surface area contributed by atoms with E-state index in [1.807, 2.05) is 12.1 Å². The van der Waals surface area contributed by atoms with Gasteiger partial charge in [0, 0.05) is 29.3 Å². The van der Waals surface area contributed by atoms with Gasteiger partial charge in [-0.05, 0) is 75.3 Å². The number of carbonyl (C=O) groups is 1. The van der Waals surface area contributed by atoms with E-state index in [2.05, 4.69) is 22.6 Å². The zero-order chi connectivity index (χ0) is 21.3. The Morgan fingerprint density at radius 3 is 2.43 bits per heavy atom. The first-order valence-corrected chi connectivity index (χ1v) is 10.3. The molecule has 4 rings (SSSR count). The lowest BCUT2D eigenvalue weighted by Gasteiger charge is -2.29. The molecule has 1 aliphatic carbocycles. The van der Waals surface area contributed by atoms with Crippen LogP contribution in [0.4, 0.5) is 18.9 Å². The van der Waals surface area contributed by atoms with Gasteiger partial charge in [-0.25, -0.2) is 0 Å². The van der Waals surface area contributed by atoms with Crippen molar-refractivity contribution >= 4 is 11.6 Å². The minimum atomic E-state index is -4.44. The molecule has 160 valence electrons. The second-order valence-electron chi connectivity index (χ2n) is 8.35. The molecule has 0 aromatic heterocycles. The Hall–Kier alpha value is -2.38. The summed E-state index contributed by atoms with van der Waals surface area (Å²) in [5.41, 5.74) is 0.962. The number of likely N-dealkylation sites (tertiary alicyclic amines) is 1. The smallest absolute Gasteiger partial charge is 0.322 e. The molecule has 0 bridgehead atoms. The Labute approximate surface area is 174 Å². The number of amides is 1. The van der Waals surface area contributed by atoms with Crippen molar-refractivity contribution in [2.45, 2.75) is 43.4 Å². The molecule has 2 aromatic rings. The van der Waals surface area contributed by atoms with E-state index in [4.69, 9.17) is 0 Å². The highest BCUT2D eigenvalue weighted by molar-refractivity contribution is 6.04. The third-order valence-electron chi connectivity index (χ3n) is 6.01. The first-order chi connectivity index (χ1) is 14.3. The summed E-state index contributed by atoms with van der Waals surface area (Å²) < 4.78 is 38.5. The maximum absolute atomic E-state index is 12.8. The number of nitrogens with zero attached hydrogens (tertiary/aromatic N) is 1. The van der Waals surface area contributed by atoms with Crippen LogP contribution in [0.25, 0.3) is 0 Å². The second kappa shape index (κ2) is 8.40. The number of piperidine rings is 1. The predicted molar refractivity (Wildman–Crippen MR) is 111 cm³/mol. The van der Waals surface area contributed by atoms with Crippen molar-refractivity contribution in [3.63, 3.8) is 0 Å². The van der Waals surface area contributed by atoms with E-state index in [0.29, 0.717) is 23.6 Å². The second-order valence-corrected chi connectivity index (χ2v) is 8.35. The van der Waals surface area contributed by atoms with Crippen molar-refractivity contribution < 1.29 is 18.0 Å². The molecule has 1 saturated heterocycles. The van der Waals surface area contributed by atoms with Crippen LogP contribution in [0.5, 0.6) is 0 Å². The third kappa shape index (κ3) is 5.02. The number of carbonyl (C=O) groups excluding carboxylic acids is 1. The summed E-state index contributed by atoms with van der Waals surface area (Å²) in [4.78, 5) is 14.8. The maximum Gasteiger partial charge on any atom is 0.416 e. The molecule has 2 aromatic carbocycles. The van der Waals surface area contributed by atoms with Crippen LogP contribution < -0.4 is 10.6 Å². The Balaban J connectivity index is 1.32. The summed E-state index contributed by atoms with van der Waals surface area (Å²) in [6.45, 7) is 2.26. The number of hydrogen-bond donors (Lipinski definition) is 2. The number of benzene rings is 2. The summed E-state index contributed by atoms with van der Waals surface area (Å²) >= 11 is 0. The van der Waals surface area contributed by atoms with Crippen LogP contribution in [-0.4, -0.2) is 43.0 Å². The van der Waals surface area contributed by atoms with Gasteiger partial charge in [0.2, 0.25) is 0 Å². The number of alkyl halides is 3. The predicted octanol–water partition coefficient (Wildman–Crippen LogP) is 4.50. The minimum absolute atomic E-state index is 0.128. The Kier molecular flexibility index (Phi) is 5.84. The van der Waals surface area contributed by atoms with Crippen molar-refractivity contribution in [2.75, 3.05) is 25.5 Å². The number of halogens is 3. The molecular weight excluding hydrogens is 391 g/mol. The molecule has 30 heavy (non-hydrogen) atoms. The normalized spacial score (nSPS) is 22.7. The zero-order valence-electron chi connectivity index (χ0n) is 16.9. The van der Waals surface area contributed by atoms with Gasteiger partial charge in [-0.3, -0.25) is 4.79 Å². The average Bonchev–Trinajstić information content (AvgIpc) is 3.48. The Bertz CT molecular complexity index is 889. The summed E-state index contributed by atoms with van der Waals surface area (Å²) in [5.74, 6) is 0.0444. The summed E-state index contributed by atoms with van der Waals surface area (Å²) in [7, 11) is 2.15. The summed E-state index contributed by atoms with van der Waals surface area (Å²) in [5, 5.41) is 6.30. The fourth-order valence-corrected chi connectivity index (χ4v) is 4.08. The van der Waals surface area contributed by atoms with E-state index in [0.717, 1.165) is 31.6 Å². The van der Waals surface area contributed by atoms with E-state index >= 15 is 0 Å². The SMILES string of the molecule is CN1CCC(NC2CC2c2ccc(C(=O)Nc3cccc(C(F)(F)F)c3)cc2)CC1. The van der Waals surface area contributed by atoms with E-state index in [9.17, 15) is 18.0 Å². The van der Waals surface area contributed by atoms with Crippen molar-refractivity contribution in [2.24, 2.45) is 0 Å². The molecule has 0 spiro atoms. The van der Waals surface area contributed by atoms with Crippen LogP contribution >= 0.6 is 0 Å². The minimum Gasteiger partial charge on any atom is -0.322 e. The first kappa shape index (κ1) is 20.9. The zero-order valence-corrected chi connectivity index (χ0v) is 16.9. The number of hydrogen-bond acceptors (Lipinski definition) is 3. The number of nitrogens with one attached hydrogen (secondary N) is 2. The van der Waals surface area contributed by atoms with Crippen LogP contribution in [-0.2, 0) is 6.18 Å². The van der Waals surface area contributed by atoms with Gasteiger partial charge < -0.3 is 15.5 Å². The van der Waals surface area contributed by atoms with Gasteiger partial charge in [0.25, 0.3) is 5.91 Å². The number of anilines is 1. The highest BCUT2D eigenvalue weighted by atomic mass is 19.4. The van der Waals surface area contributed by atoms with Gasteiger partial charge in [-0.15, -0.1) is 0 Å². The van der Waals surface area contributed by atoms with Crippen LogP contribution in [0.3, 0.4) is 0 Å². The number of rotatable bonds is 5. The van der Waals surface area contributed by atoms with Crippen molar-refractivity contribution in [1.82, 2.24) is 10.2 Å². The highest BCUT2D eigenvalue weighted by Crippen LogP contribution is 2.41. The quantitative estimate of drug-likeness (QED) is 0.753. The van der Waals surface area contributed by atoms with Crippen molar-refractivity contribution in [3.05, 3.63) is 65.2 Å². The standard InChI is InChI=1S/C23H26F3N3O/c1-29-11-9-18(10-12-29)27-21-14-20(21)15-5-7-16(8-6-15)22(30)28-19-4-2-3-17(13-19)23(24,25)26/h2-8,13,18,20-21,27H,9-12,14H2,1H3,(H,28,30). The lowest BCUT2D eigenvalue weighted by atomic mass is 10.0. The van der Waals surface area contributed by atoms with E-state index in [1.165, 1.54) is 30.5 Å². The molecule has 2 fully saturated rings. The van der Waals surface area contributed by atoms with Crippen LogP contribution in [0, 0.1) is 0 Å². The largest absolute Gasteiger partial charge is 0.416 e. The third-order valence-corrected chi connectivity index (χ3v) is 6.01. The first-order valence-electron chi connectivity index (χ1n) is 10.3. The monoisotopic (exact) mass is 417 g/mol. The van der Waals surface area contributed by atoms with Crippen molar-refractivity contribution in [1.29, 1.82) is 0 Å². The van der Waals surface area contributed by atoms with Crippen molar-refractivity contribution in [3.8, 4) is 0 Å². The fraction of sp³-hybridized carbons (Fsp3) is 0.435. The lowest BCUT2D eigenvalue weighted by molar-refractivity contribution is -0.137. The van der Waals surface area contributed by atoms with Gasteiger partial charge >= 0.3 is 6.18 Å². The van der Waals surface area contributed by atoms with Gasteiger partial charge in [-0.2, -0.15) is 13.2 Å². The fourth-order valence-electron chi connectivity index (χ4n) is 4.08. The highest BCUT2D eigenvalue weighted by Gasteiger charge is 2.39.